The number of esters is 2. The predicted molar refractivity (Wildman–Crippen MR) is 145 cm³/mol. The summed E-state index contributed by atoms with van der Waals surface area (Å²) in [5.74, 6) is -2.98. The number of aromatic hydroxyl groups is 1. The summed E-state index contributed by atoms with van der Waals surface area (Å²) in [6.45, 7) is 8.86. The van der Waals surface area contributed by atoms with E-state index in [9.17, 15) is 37.5 Å². The quantitative estimate of drug-likeness (QED) is 0.221. The van der Waals surface area contributed by atoms with Crippen LogP contribution < -0.4 is 5.56 Å². The monoisotopic (exact) mass is 591 g/mol. The van der Waals surface area contributed by atoms with Crippen LogP contribution in [-0.2, 0) is 31.8 Å². The number of nitrogens with zero attached hydrogens (tertiary/aromatic N) is 3. The molecule has 0 saturated heterocycles. The Hall–Kier alpha value is -4.29. The summed E-state index contributed by atoms with van der Waals surface area (Å²) in [7, 11) is 0. The van der Waals surface area contributed by atoms with Crippen LogP contribution in [0, 0.1) is 5.41 Å². The maximum absolute atomic E-state index is 13.7. The highest BCUT2D eigenvalue weighted by Crippen LogP contribution is 2.36. The summed E-state index contributed by atoms with van der Waals surface area (Å²) in [6, 6.07) is 7.57. The second kappa shape index (κ2) is 11.5. The molecule has 42 heavy (non-hydrogen) atoms. The van der Waals surface area contributed by atoms with Gasteiger partial charge in [-0.2, -0.15) is 13.2 Å². The van der Waals surface area contributed by atoms with Crippen molar-refractivity contribution in [3.8, 4) is 5.75 Å². The molecule has 0 radical (unpaired) electrons. The van der Waals surface area contributed by atoms with Gasteiger partial charge in [-0.05, 0) is 90.4 Å². The maximum Gasteiger partial charge on any atom is 0.416 e. The van der Waals surface area contributed by atoms with E-state index in [1.807, 2.05) is 0 Å². The number of hydrogen-bond acceptors (Lipinski definition) is 9. The van der Waals surface area contributed by atoms with Crippen molar-refractivity contribution in [1.29, 1.82) is 0 Å². The number of benzene rings is 2. The van der Waals surface area contributed by atoms with Gasteiger partial charge in [0.25, 0.3) is 5.56 Å². The summed E-state index contributed by atoms with van der Waals surface area (Å²) in [6.07, 6.45) is -6.00. The van der Waals surface area contributed by atoms with Gasteiger partial charge in [0.05, 0.1) is 10.9 Å². The number of halogens is 3. The molecule has 2 aromatic carbocycles. The first-order valence-corrected chi connectivity index (χ1v) is 13.0. The topological polar surface area (TPSA) is 138 Å². The van der Waals surface area contributed by atoms with Gasteiger partial charge in [-0.15, -0.1) is 5.10 Å². The number of fused-ring (bicyclic) bond motifs is 1. The Labute approximate surface area is 239 Å². The molecule has 3 rings (SSSR count). The second-order valence-electron chi connectivity index (χ2n) is 11.8. The number of carbonyl (C=O) groups excluding carboxylic acids is 3. The molecule has 0 aliphatic rings. The first kappa shape index (κ1) is 32.2. The fraction of sp³-hybridized carbons (Fsp3) is 0.448. The predicted octanol–water partition coefficient (Wildman–Crippen LogP) is 4.85. The third kappa shape index (κ3) is 7.71. The molecule has 0 aliphatic carbocycles. The molecule has 0 atom stereocenters. The minimum absolute atomic E-state index is 0.0756. The van der Waals surface area contributed by atoms with Crippen LogP contribution in [0.5, 0.6) is 5.75 Å². The molecule has 10 nitrogen and oxygen atoms in total. The Kier molecular flexibility index (Phi) is 8.85. The van der Waals surface area contributed by atoms with E-state index in [2.05, 4.69) is 10.3 Å². The smallest absolute Gasteiger partial charge is 0.416 e. The molecule has 1 heterocycles. The molecule has 0 amide bonds. The van der Waals surface area contributed by atoms with Gasteiger partial charge < -0.3 is 14.6 Å². The number of rotatable bonds is 8. The fourth-order valence-corrected chi connectivity index (χ4v) is 3.99. The largest absolute Gasteiger partial charge is 0.508 e. The number of ketones is 1. The second-order valence-corrected chi connectivity index (χ2v) is 11.8. The van der Waals surface area contributed by atoms with Crippen molar-refractivity contribution >= 4 is 28.6 Å². The lowest BCUT2D eigenvalue weighted by atomic mass is 9.78. The number of aromatic nitrogens is 3. The summed E-state index contributed by atoms with van der Waals surface area (Å²) in [4.78, 5) is 54.0. The van der Waals surface area contributed by atoms with Gasteiger partial charge in [0.15, 0.2) is 11.2 Å². The standard InChI is InChI=1S/C29H32F3N3O7/c1-26(2,3)41-24(39)28(25(40)42-27(4,5)6,16-22(37)17-7-10-19(36)11-8-17)13-14-35-23(38)20-15-18(29(30,31)32)9-12-21(20)33-34-35/h7-12,15,36H,13-14,16H2,1-6H3. The summed E-state index contributed by atoms with van der Waals surface area (Å²) in [5, 5.41) is 16.8. The lowest BCUT2D eigenvalue weighted by molar-refractivity contribution is -0.186. The summed E-state index contributed by atoms with van der Waals surface area (Å²) in [5.41, 5.74) is -6.51. The fourth-order valence-electron chi connectivity index (χ4n) is 3.99. The highest BCUT2D eigenvalue weighted by molar-refractivity contribution is 6.07. The van der Waals surface area contributed by atoms with Crippen LogP contribution in [-0.4, -0.2) is 49.0 Å². The molecule has 0 fully saturated rings. The van der Waals surface area contributed by atoms with E-state index in [4.69, 9.17) is 9.47 Å². The van der Waals surface area contributed by atoms with Gasteiger partial charge in [0.1, 0.15) is 22.5 Å². The number of hydrogen-bond donors (Lipinski definition) is 1. The van der Waals surface area contributed by atoms with Crippen LogP contribution in [0.15, 0.2) is 47.3 Å². The van der Waals surface area contributed by atoms with E-state index in [0.717, 1.165) is 16.8 Å². The third-order valence-electron chi connectivity index (χ3n) is 6.03. The first-order chi connectivity index (χ1) is 19.2. The molecule has 0 spiro atoms. The molecule has 0 aliphatic heterocycles. The van der Waals surface area contributed by atoms with E-state index in [-0.39, 0.29) is 22.2 Å². The SMILES string of the molecule is CC(C)(C)OC(=O)C(CCn1nnc2ccc(C(F)(F)F)cc2c1=O)(CC(=O)c1ccc(O)cc1)C(=O)OC(C)(C)C. The molecule has 13 heteroatoms. The van der Waals surface area contributed by atoms with Gasteiger partial charge in [0.2, 0.25) is 0 Å². The van der Waals surface area contributed by atoms with Gasteiger partial charge >= 0.3 is 18.1 Å². The summed E-state index contributed by atoms with van der Waals surface area (Å²) >= 11 is 0. The van der Waals surface area contributed by atoms with Crippen molar-refractivity contribution < 1.29 is 42.1 Å². The average molecular weight is 592 g/mol. The molecule has 0 bridgehead atoms. The van der Waals surface area contributed by atoms with Crippen LogP contribution in [0.2, 0.25) is 0 Å². The molecule has 0 unspecified atom stereocenters. The molecule has 1 N–H and O–H groups in total. The van der Waals surface area contributed by atoms with Crippen molar-refractivity contribution in [3.05, 3.63) is 63.9 Å². The Bertz CT molecular complexity index is 1520. The highest BCUT2D eigenvalue weighted by Gasteiger charge is 2.52. The average Bonchev–Trinajstić information content (AvgIpc) is 2.85. The van der Waals surface area contributed by atoms with E-state index in [1.54, 1.807) is 41.5 Å². The van der Waals surface area contributed by atoms with Crippen molar-refractivity contribution in [2.24, 2.45) is 5.41 Å². The highest BCUT2D eigenvalue weighted by atomic mass is 19.4. The zero-order valence-corrected chi connectivity index (χ0v) is 24.0. The number of carbonyl (C=O) groups is 3. The van der Waals surface area contributed by atoms with Crippen molar-refractivity contribution in [2.45, 2.75) is 78.3 Å². The van der Waals surface area contributed by atoms with E-state index in [1.165, 1.54) is 24.3 Å². The Morgan fingerprint density at radius 1 is 0.881 bits per heavy atom. The molecular formula is C29H32F3N3O7. The van der Waals surface area contributed by atoms with E-state index < -0.39 is 71.0 Å². The Balaban J connectivity index is 2.13. The molecule has 3 aromatic rings. The molecule has 0 saturated carbocycles. The van der Waals surface area contributed by atoms with Crippen molar-refractivity contribution in [3.63, 3.8) is 0 Å². The molecular weight excluding hydrogens is 559 g/mol. The minimum Gasteiger partial charge on any atom is -0.508 e. The normalized spacial score (nSPS) is 12.7. The Morgan fingerprint density at radius 2 is 1.43 bits per heavy atom. The first-order valence-electron chi connectivity index (χ1n) is 13.0. The van der Waals surface area contributed by atoms with Crippen molar-refractivity contribution in [2.75, 3.05) is 0 Å². The van der Waals surface area contributed by atoms with Crippen molar-refractivity contribution in [1.82, 2.24) is 15.0 Å². The number of Topliss-reactive ketones (excluding diaryl/α,β-unsaturated/α-hetero) is 1. The number of phenols is 1. The zero-order valence-electron chi connectivity index (χ0n) is 24.0. The van der Waals surface area contributed by atoms with Crippen LogP contribution >= 0.6 is 0 Å². The lowest BCUT2D eigenvalue weighted by Gasteiger charge is -2.34. The van der Waals surface area contributed by atoms with Gasteiger partial charge in [-0.3, -0.25) is 19.2 Å². The van der Waals surface area contributed by atoms with Gasteiger partial charge in [-0.25, -0.2) is 4.68 Å². The van der Waals surface area contributed by atoms with Gasteiger partial charge in [-0.1, -0.05) is 5.21 Å². The maximum atomic E-state index is 13.7. The Morgan fingerprint density at radius 3 is 1.93 bits per heavy atom. The van der Waals surface area contributed by atoms with E-state index in [0.29, 0.717) is 6.07 Å². The zero-order chi connectivity index (χ0) is 31.7. The third-order valence-corrected chi connectivity index (χ3v) is 6.03. The van der Waals surface area contributed by atoms with Crippen LogP contribution in [0.25, 0.3) is 10.9 Å². The van der Waals surface area contributed by atoms with Crippen LogP contribution in [0.1, 0.15) is 70.3 Å². The lowest BCUT2D eigenvalue weighted by Crippen LogP contribution is -2.49. The summed E-state index contributed by atoms with van der Waals surface area (Å²) < 4.78 is 51.7. The van der Waals surface area contributed by atoms with Crippen LogP contribution in [0.3, 0.4) is 0 Å². The minimum atomic E-state index is -4.72. The molecule has 1 aromatic heterocycles. The number of ether oxygens (including phenoxy) is 2. The number of phenolic OH excluding ortho intramolecular Hbond substituents is 1. The van der Waals surface area contributed by atoms with E-state index >= 15 is 0 Å². The number of alkyl halides is 3. The number of aryl methyl sites for hydroxylation is 1. The molecule has 226 valence electrons. The van der Waals surface area contributed by atoms with Gasteiger partial charge in [0, 0.05) is 18.5 Å². The van der Waals surface area contributed by atoms with Crippen LogP contribution in [0.4, 0.5) is 13.2 Å².